The highest BCUT2D eigenvalue weighted by Gasteiger charge is 2.05. The molecule has 2 aromatic rings. The second-order valence-corrected chi connectivity index (χ2v) is 5.05. The summed E-state index contributed by atoms with van der Waals surface area (Å²) in [5.41, 5.74) is 1.36. The maximum atomic E-state index is 13.3. The summed E-state index contributed by atoms with van der Waals surface area (Å²) in [6.07, 6.45) is 0. The second-order valence-electron chi connectivity index (χ2n) is 4.20. The van der Waals surface area contributed by atoms with Gasteiger partial charge < -0.3 is 14.6 Å². The molecule has 0 aliphatic carbocycles. The van der Waals surface area contributed by atoms with Crippen molar-refractivity contribution in [3.8, 4) is 11.5 Å². The molecule has 20 heavy (non-hydrogen) atoms. The lowest BCUT2D eigenvalue weighted by Gasteiger charge is -2.10. The van der Waals surface area contributed by atoms with Gasteiger partial charge in [-0.15, -0.1) is 0 Å². The SMILES string of the molecule is COc1ccc(Br)c(COc2cc(F)cc(CO)c2)c1. The molecule has 0 atom stereocenters. The van der Waals surface area contributed by atoms with Crippen molar-refractivity contribution >= 4 is 15.9 Å². The van der Waals surface area contributed by atoms with Crippen LogP contribution in [-0.4, -0.2) is 12.2 Å². The number of halogens is 2. The third kappa shape index (κ3) is 3.71. The molecule has 3 nitrogen and oxygen atoms in total. The first-order valence-electron chi connectivity index (χ1n) is 5.98. The van der Waals surface area contributed by atoms with Crippen molar-refractivity contribution in [2.24, 2.45) is 0 Å². The average Bonchev–Trinajstić information content (AvgIpc) is 2.45. The van der Waals surface area contributed by atoms with Crippen LogP contribution in [0.3, 0.4) is 0 Å². The van der Waals surface area contributed by atoms with Crippen LogP contribution in [0.25, 0.3) is 0 Å². The Hall–Kier alpha value is -1.59. The van der Waals surface area contributed by atoms with E-state index in [1.54, 1.807) is 13.2 Å². The maximum absolute atomic E-state index is 13.3. The van der Waals surface area contributed by atoms with Crippen LogP contribution < -0.4 is 9.47 Å². The highest BCUT2D eigenvalue weighted by atomic mass is 79.9. The van der Waals surface area contributed by atoms with Gasteiger partial charge >= 0.3 is 0 Å². The van der Waals surface area contributed by atoms with Gasteiger partial charge in [0, 0.05) is 16.1 Å². The number of methoxy groups -OCH3 is 1. The zero-order chi connectivity index (χ0) is 14.5. The summed E-state index contributed by atoms with van der Waals surface area (Å²) in [5.74, 6) is 0.669. The van der Waals surface area contributed by atoms with E-state index in [2.05, 4.69) is 15.9 Å². The monoisotopic (exact) mass is 340 g/mol. The minimum Gasteiger partial charge on any atom is -0.497 e. The van der Waals surface area contributed by atoms with Crippen LogP contribution in [0.4, 0.5) is 4.39 Å². The van der Waals surface area contributed by atoms with Crippen LogP contribution in [0.5, 0.6) is 11.5 Å². The van der Waals surface area contributed by atoms with E-state index in [4.69, 9.17) is 14.6 Å². The summed E-state index contributed by atoms with van der Waals surface area (Å²) in [7, 11) is 1.59. The Bertz CT molecular complexity index is 602. The van der Waals surface area contributed by atoms with E-state index < -0.39 is 5.82 Å². The van der Waals surface area contributed by atoms with Gasteiger partial charge in [0.2, 0.25) is 0 Å². The quantitative estimate of drug-likeness (QED) is 0.902. The molecule has 106 valence electrons. The van der Waals surface area contributed by atoms with Crippen LogP contribution in [-0.2, 0) is 13.2 Å². The number of ether oxygens (including phenoxy) is 2. The van der Waals surface area contributed by atoms with Crippen LogP contribution in [0.15, 0.2) is 40.9 Å². The highest BCUT2D eigenvalue weighted by Crippen LogP contribution is 2.24. The van der Waals surface area contributed by atoms with Crippen LogP contribution in [0.2, 0.25) is 0 Å². The van der Waals surface area contributed by atoms with Crippen molar-refractivity contribution in [2.45, 2.75) is 13.2 Å². The minimum absolute atomic E-state index is 0.225. The summed E-state index contributed by atoms with van der Waals surface area (Å²) in [5, 5.41) is 9.04. The van der Waals surface area contributed by atoms with Crippen molar-refractivity contribution in [3.63, 3.8) is 0 Å². The predicted octanol–water partition coefficient (Wildman–Crippen LogP) is 3.67. The van der Waals surface area contributed by atoms with Gasteiger partial charge in [0.15, 0.2) is 0 Å². The smallest absolute Gasteiger partial charge is 0.127 e. The predicted molar refractivity (Wildman–Crippen MR) is 77.3 cm³/mol. The first kappa shape index (κ1) is 14.8. The highest BCUT2D eigenvalue weighted by molar-refractivity contribution is 9.10. The Morgan fingerprint density at radius 1 is 1.15 bits per heavy atom. The number of aliphatic hydroxyl groups is 1. The summed E-state index contributed by atoms with van der Waals surface area (Å²) in [4.78, 5) is 0. The molecule has 0 saturated carbocycles. The third-order valence-corrected chi connectivity index (χ3v) is 3.53. The van der Waals surface area contributed by atoms with Crippen LogP contribution in [0.1, 0.15) is 11.1 Å². The number of rotatable bonds is 5. The molecule has 0 aromatic heterocycles. The average molecular weight is 341 g/mol. The van der Waals surface area contributed by atoms with E-state index in [1.165, 1.54) is 12.1 Å². The number of hydrogen-bond donors (Lipinski definition) is 1. The van der Waals surface area contributed by atoms with Crippen molar-refractivity contribution in [1.82, 2.24) is 0 Å². The van der Waals surface area contributed by atoms with Crippen LogP contribution >= 0.6 is 15.9 Å². The number of hydrogen-bond acceptors (Lipinski definition) is 3. The minimum atomic E-state index is -0.434. The molecule has 0 radical (unpaired) electrons. The molecular weight excluding hydrogens is 327 g/mol. The van der Waals surface area contributed by atoms with Crippen molar-refractivity contribution in [2.75, 3.05) is 7.11 Å². The largest absolute Gasteiger partial charge is 0.497 e. The molecular formula is C15H14BrFO3. The van der Waals surface area contributed by atoms with Crippen molar-refractivity contribution in [1.29, 1.82) is 0 Å². The Morgan fingerprint density at radius 2 is 1.95 bits per heavy atom. The van der Waals surface area contributed by atoms with E-state index in [-0.39, 0.29) is 13.2 Å². The number of aliphatic hydroxyl groups excluding tert-OH is 1. The Kier molecular flexibility index (Phi) is 4.98. The molecule has 0 heterocycles. The summed E-state index contributed by atoms with van der Waals surface area (Å²) in [6, 6.07) is 9.71. The summed E-state index contributed by atoms with van der Waals surface area (Å²) < 4.78 is 24.9. The second kappa shape index (κ2) is 6.72. The molecule has 0 spiro atoms. The normalized spacial score (nSPS) is 10.4. The molecule has 0 aliphatic rings. The van der Waals surface area contributed by atoms with Gasteiger partial charge in [0.25, 0.3) is 0 Å². The molecule has 5 heteroatoms. The Morgan fingerprint density at radius 3 is 2.65 bits per heavy atom. The Labute approximate surface area is 125 Å². The van der Waals surface area contributed by atoms with E-state index >= 15 is 0 Å². The fourth-order valence-electron chi connectivity index (χ4n) is 1.75. The van der Waals surface area contributed by atoms with Gasteiger partial charge in [0.05, 0.1) is 13.7 Å². The van der Waals surface area contributed by atoms with Crippen molar-refractivity contribution in [3.05, 3.63) is 57.8 Å². The molecule has 0 bridgehead atoms. The fraction of sp³-hybridized carbons (Fsp3) is 0.200. The molecule has 0 fully saturated rings. The number of benzene rings is 2. The van der Waals surface area contributed by atoms with E-state index in [9.17, 15) is 4.39 Å². The fourth-order valence-corrected chi connectivity index (χ4v) is 2.11. The van der Waals surface area contributed by atoms with Crippen molar-refractivity contribution < 1.29 is 19.0 Å². The van der Waals surface area contributed by atoms with Gasteiger partial charge in [-0.1, -0.05) is 15.9 Å². The molecule has 0 aliphatic heterocycles. The lowest BCUT2D eigenvalue weighted by Crippen LogP contribution is -1.99. The molecule has 2 aromatic carbocycles. The summed E-state index contributed by atoms with van der Waals surface area (Å²) >= 11 is 3.43. The van der Waals surface area contributed by atoms with E-state index in [1.807, 2.05) is 18.2 Å². The summed E-state index contributed by atoms with van der Waals surface area (Å²) in [6.45, 7) is 0.0447. The molecule has 0 unspecified atom stereocenters. The standard InChI is InChI=1S/C15H14BrFO3/c1-19-13-2-3-15(16)11(6-13)9-20-14-5-10(8-18)4-12(17)7-14/h2-7,18H,8-9H2,1H3. The third-order valence-electron chi connectivity index (χ3n) is 2.76. The lowest BCUT2D eigenvalue weighted by molar-refractivity contribution is 0.276. The molecule has 0 saturated heterocycles. The zero-order valence-electron chi connectivity index (χ0n) is 10.9. The lowest BCUT2D eigenvalue weighted by atomic mass is 10.2. The first-order chi connectivity index (χ1) is 9.62. The topological polar surface area (TPSA) is 38.7 Å². The van der Waals surface area contributed by atoms with Gasteiger partial charge in [-0.3, -0.25) is 0 Å². The zero-order valence-corrected chi connectivity index (χ0v) is 12.5. The van der Waals surface area contributed by atoms with Gasteiger partial charge in [-0.2, -0.15) is 0 Å². The van der Waals surface area contributed by atoms with Gasteiger partial charge in [-0.25, -0.2) is 4.39 Å². The first-order valence-corrected chi connectivity index (χ1v) is 6.77. The van der Waals surface area contributed by atoms with E-state index in [0.29, 0.717) is 11.3 Å². The molecule has 2 rings (SSSR count). The molecule has 0 amide bonds. The Balaban J connectivity index is 2.14. The molecule has 1 N–H and O–H groups in total. The van der Waals surface area contributed by atoms with Gasteiger partial charge in [0.1, 0.15) is 23.9 Å². The van der Waals surface area contributed by atoms with Crippen LogP contribution in [0, 0.1) is 5.82 Å². The maximum Gasteiger partial charge on any atom is 0.127 e. The van der Waals surface area contributed by atoms with Gasteiger partial charge in [-0.05, 0) is 35.9 Å². The van der Waals surface area contributed by atoms with E-state index in [0.717, 1.165) is 15.8 Å².